The first-order valence-electron chi connectivity index (χ1n) is 8.19. The molecule has 4 rings (SSSR count). The van der Waals surface area contributed by atoms with Crippen molar-refractivity contribution in [2.45, 2.75) is 6.54 Å². The van der Waals surface area contributed by atoms with Gasteiger partial charge in [0.05, 0.1) is 17.9 Å². The molecule has 3 aromatic heterocycles. The maximum absolute atomic E-state index is 12.8. The number of pyridine rings is 1. The van der Waals surface area contributed by atoms with E-state index in [0.29, 0.717) is 17.1 Å². The standard InChI is InChI=1S/C20H16N4OS/c25-19(22-14-16-10-4-5-11-21-16)18-17(15-8-2-1-3-9-15)23-20(26-18)24-12-6-7-13-24/h1-13H,14H2,(H,22,25). The first-order valence-corrected chi connectivity index (χ1v) is 9.00. The molecule has 0 aliphatic heterocycles. The Kier molecular flexibility index (Phi) is 4.57. The van der Waals surface area contributed by atoms with E-state index < -0.39 is 0 Å². The smallest absolute Gasteiger partial charge is 0.264 e. The molecule has 1 N–H and O–H groups in total. The average molecular weight is 360 g/mol. The lowest BCUT2D eigenvalue weighted by molar-refractivity contribution is 0.0955. The summed E-state index contributed by atoms with van der Waals surface area (Å²) in [6.07, 6.45) is 5.56. The van der Waals surface area contributed by atoms with Crippen LogP contribution in [0.1, 0.15) is 15.4 Å². The molecule has 0 radical (unpaired) electrons. The van der Waals surface area contributed by atoms with E-state index in [9.17, 15) is 4.79 Å². The number of nitrogens with zero attached hydrogens (tertiary/aromatic N) is 3. The number of aromatic nitrogens is 3. The Balaban J connectivity index is 1.66. The second-order valence-corrected chi connectivity index (χ2v) is 6.61. The average Bonchev–Trinajstić information content (AvgIpc) is 3.37. The van der Waals surface area contributed by atoms with E-state index in [-0.39, 0.29) is 5.91 Å². The Hall–Kier alpha value is -3.25. The first-order chi connectivity index (χ1) is 12.8. The molecule has 0 bridgehead atoms. The van der Waals surface area contributed by atoms with Gasteiger partial charge in [-0.05, 0) is 24.3 Å². The molecule has 1 aromatic carbocycles. The second kappa shape index (κ2) is 7.33. The van der Waals surface area contributed by atoms with Crippen molar-refractivity contribution >= 4 is 17.2 Å². The summed E-state index contributed by atoms with van der Waals surface area (Å²) in [6, 6.07) is 19.3. The summed E-state index contributed by atoms with van der Waals surface area (Å²) in [7, 11) is 0. The van der Waals surface area contributed by atoms with E-state index in [2.05, 4.69) is 10.3 Å². The van der Waals surface area contributed by atoms with E-state index in [1.165, 1.54) is 11.3 Å². The van der Waals surface area contributed by atoms with Crippen LogP contribution in [0.4, 0.5) is 0 Å². The maximum Gasteiger partial charge on any atom is 0.264 e. The van der Waals surface area contributed by atoms with Crippen LogP contribution >= 0.6 is 11.3 Å². The zero-order valence-corrected chi connectivity index (χ0v) is 14.7. The molecule has 1 amide bonds. The molecule has 0 saturated heterocycles. The summed E-state index contributed by atoms with van der Waals surface area (Å²) in [5.41, 5.74) is 2.43. The van der Waals surface area contributed by atoms with Crippen LogP contribution in [0.5, 0.6) is 0 Å². The summed E-state index contributed by atoms with van der Waals surface area (Å²) in [5.74, 6) is -0.148. The van der Waals surface area contributed by atoms with Crippen LogP contribution in [-0.4, -0.2) is 20.4 Å². The van der Waals surface area contributed by atoms with Crippen molar-refractivity contribution in [3.8, 4) is 16.4 Å². The summed E-state index contributed by atoms with van der Waals surface area (Å²) < 4.78 is 1.91. The molecule has 0 aliphatic carbocycles. The van der Waals surface area contributed by atoms with Crippen molar-refractivity contribution in [2.24, 2.45) is 0 Å². The normalized spacial score (nSPS) is 10.6. The fourth-order valence-corrected chi connectivity index (χ4v) is 3.55. The molecule has 0 saturated carbocycles. The third-order valence-corrected chi connectivity index (χ3v) is 4.92. The molecular weight excluding hydrogens is 344 g/mol. The first kappa shape index (κ1) is 16.2. The number of benzene rings is 1. The summed E-state index contributed by atoms with van der Waals surface area (Å²) >= 11 is 1.37. The topological polar surface area (TPSA) is 59.8 Å². The number of carbonyl (C=O) groups excluding carboxylic acids is 1. The minimum atomic E-state index is -0.148. The second-order valence-electron chi connectivity index (χ2n) is 5.63. The third kappa shape index (κ3) is 3.41. The lowest BCUT2D eigenvalue weighted by Gasteiger charge is -2.05. The van der Waals surface area contributed by atoms with Crippen LogP contribution in [-0.2, 0) is 6.54 Å². The number of hydrogen-bond acceptors (Lipinski definition) is 4. The predicted octanol–water partition coefficient (Wildman–Crippen LogP) is 3.93. The number of rotatable bonds is 5. The van der Waals surface area contributed by atoms with Gasteiger partial charge in [-0.15, -0.1) is 0 Å². The number of amides is 1. The number of thiazole rings is 1. The monoisotopic (exact) mass is 360 g/mol. The highest BCUT2D eigenvalue weighted by atomic mass is 32.1. The molecule has 26 heavy (non-hydrogen) atoms. The van der Waals surface area contributed by atoms with Crippen LogP contribution in [0, 0.1) is 0 Å². The van der Waals surface area contributed by atoms with E-state index in [0.717, 1.165) is 16.4 Å². The van der Waals surface area contributed by atoms with Crippen molar-refractivity contribution in [1.82, 2.24) is 19.9 Å². The van der Waals surface area contributed by atoms with Crippen molar-refractivity contribution < 1.29 is 4.79 Å². The Morgan fingerprint density at radius 3 is 2.50 bits per heavy atom. The van der Waals surface area contributed by atoms with Crippen molar-refractivity contribution in [3.05, 3.63) is 89.8 Å². The van der Waals surface area contributed by atoms with Gasteiger partial charge in [0.1, 0.15) is 4.88 Å². The minimum Gasteiger partial charge on any atom is -0.346 e. The van der Waals surface area contributed by atoms with Gasteiger partial charge < -0.3 is 9.88 Å². The third-order valence-electron chi connectivity index (χ3n) is 3.85. The Labute approximate surface area is 155 Å². The summed E-state index contributed by atoms with van der Waals surface area (Å²) in [6.45, 7) is 0.380. The number of nitrogens with one attached hydrogen (secondary N) is 1. The van der Waals surface area contributed by atoms with E-state index >= 15 is 0 Å². The van der Waals surface area contributed by atoms with E-state index in [1.807, 2.05) is 77.6 Å². The highest BCUT2D eigenvalue weighted by Gasteiger charge is 2.20. The molecule has 0 fully saturated rings. The van der Waals surface area contributed by atoms with Gasteiger partial charge in [0.15, 0.2) is 5.13 Å². The quantitative estimate of drug-likeness (QED) is 0.587. The van der Waals surface area contributed by atoms with E-state index in [1.54, 1.807) is 6.20 Å². The zero-order valence-electron chi connectivity index (χ0n) is 13.9. The van der Waals surface area contributed by atoms with Crippen molar-refractivity contribution in [2.75, 3.05) is 0 Å². The van der Waals surface area contributed by atoms with E-state index in [4.69, 9.17) is 4.98 Å². The van der Waals surface area contributed by atoms with Crippen LogP contribution in [0.3, 0.4) is 0 Å². The number of hydrogen-bond donors (Lipinski definition) is 1. The van der Waals surface area contributed by atoms with Gasteiger partial charge in [-0.25, -0.2) is 4.98 Å². The fourth-order valence-electron chi connectivity index (χ4n) is 2.58. The molecule has 0 unspecified atom stereocenters. The van der Waals surface area contributed by atoms with Crippen molar-refractivity contribution in [1.29, 1.82) is 0 Å². The molecule has 0 atom stereocenters. The summed E-state index contributed by atoms with van der Waals surface area (Å²) in [5, 5.41) is 3.70. The Morgan fingerprint density at radius 2 is 1.77 bits per heavy atom. The largest absolute Gasteiger partial charge is 0.346 e. The maximum atomic E-state index is 12.8. The van der Waals surface area contributed by atoms with Crippen LogP contribution in [0.25, 0.3) is 16.4 Å². The Bertz CT molecular complexity index is 995. The molecule has 3 heterocycles. The highest BCUT2D eigenvalue weighted by molar-refractivity contribution is 7.16. The molecule has 6 heteroatoms. The molecular formula is C20H16N4OS. The van der Waals surface area contributed by atoms with Crippen LogP contribution < -0.4 is 5.32 Å². The SMILES string of the molecule is O=C(NCc1ccccn1)c1sc(-n2cccc2)nc1-c1ccccc1. The van der Waals surface area contributed by atoms with Crippen LogP contribution in [0.15, 0.2) is 79.3 Å². The molecule has 0 aliphatic rings. The lowest BCUT2D eigenvalue weighted by Crippen LogP contribution is -2.22. The minimum absolute atomic E-state index is 0.148. The fraction of sp³-hybridized carbons (Fsp3) is 0.0500. The van der Waals surface area contributed by atoms with Gasteiger partial charge in [0, 0.05) is 24.2 Å². The van der Waals surface area contributed by atoms with Gasteiger partial charge in [-0.1, -0.05) is 47.7 Å². The number of carbonyl (C=O) groups is 1. The van der Waals surface area contributed by atoms with Gasteiger partial charge in [0.25, 0.3) is 5.91 Å². The molecule has 128 valence electrons. The van der Waals surface area contributed by atoms with Gasteiger partial charge in [0.2, 0.25) is 0 Å². The lowest BCUT2D eigenvalue weighted by atomic mass is 10.1. The molecule has 4 aromatic rings. The van der Waals surface area contributed by atoms with Gasteiger partial charge >= 0.3 is 0 Å². The molecule has 0 spiro atoms. The highest BCUT2D eigenvalue weighted by Crippen LogP contribution is 2.30. The van der Waals surface area contributed by atoms with Crippen molar-refractivity contribution in [3.63, 3.8) is 0 Å². The van der Waals surface area contributed by atoms with Gasteiger partial charge in [-0.2, -0.15) is 0 Å². The Morgan fingerprint density at radius 1 is 1.00 bits per heavy atom. The summed E-state index contributed by atoms with van der Waals surface area (Å²) in [4.78, 5) is 22.4. The predicted molar refractivity (Wildman–Crippen MR) is 102 cm³/mol. The molecule has 5 nitrogen and oxygen atoms in total. The zero-order chi connectivity index (χ0) is 17.8. The van der Waals surface area contributed by atoms with Crippen LogP contribution in [0.2, 0.25) is 0 Å². The van der Waals surface area contributed by atoms with Gasteiger partial charge in [-0.3, -0.25) is 9.78 Å².